The molecule has 140 valence electrons. The van der Waals surface area contributed by atoms with Gasteiger partial charge in [-0.1, -0.05) is 0 Å². The average Bonchev–Trinajstić information content (AvgIpc) is 3.14. The second-order valence-corrected chi connectivity index (χ2v) is 7.16. The van der Waals surface area contributed by atoms with Gasteiger partial charge in [-0.3, -0.25) is 19.1 Å². The zero-order chi connectivity index (χ0) is 18.3. The lowest BCUT2D eigenvalue weighted by Crippen LogP contribution is -2.38. The summed E-state index contributed by atoms with van der Waals surface area (Å²) in [5.41, 5.74) is 5.02. The molecule has 2 aliphatic rings. The lowest BCUT2D eigenvalue weighted by molar-refractivity contribution is 0.0333. The summed E-state index contributed by atoms with van der Waals surface area (Å²) in [6.45, 7) is 7.47. The number of aryl methyl sites for hydroxylation is 3. The first-order valence-electron chi connectivity index (χ1n) is 9.16. The molecule has 2 aromatic rings. The molecule has 0 N–H and O–H groups in total. The van der Waals surface area contributed by atoms with Crippen molar-refractivity contribution in [2.75, 3.05) is 32.8 Å². The topological polar surface area (TPSA) is 68.4 Å². The van der Waals surface area contributed by atoms with Crippen LogP contribution >= 0.6 is 0 Å². The molecule has 0 spiro atoms. The number of rotatable bonds is 3. The molecule has 8 nitrogen and oxygen atoms in total. The largest absolute Gasteiger partial charge is 0.379 e. The van der Waals surface area contributed by atoms with Gasteiger partial charge in [-0.25, -0.2) is 0 Å². The van der Waals surface area contributed by atoms with Crippen molar-refractivity contribution >= 4 is 5.91 Å². The highest BCUT2D eigenvalue weighted by Gasteiger charge is 2.29. The van der Waals surface area contributed by atoms with Gasteiger partial charge in [-0.2, -0.15) is 10.2 Å². The van der Waals surface area contributed by atoms with Crippen LogP contribution in [-0.4, -0.2) is 68.1 Å². The Hall–Kier alpha value is -2.19. The quantitative estimate of drug-likeness (QED) is 0.799. The van der Waals surface area contributed by atoms with E-state index in [-0.39, 0.29) is 5.91 Å². The molecule has 0 atom stereocenters. The minimum atomic E-state index is 0.0578. The lowest BCUT2D eigenvalue weighted by atomic mass is 10.0. The number of fused-ring (bicyclic) bond motifs is 1. The predicted molar refractivity (Wildman–Crippen MR) is 95.7 cm³/mol. The minimum absolute atomic E-state index is 0.0578. The van der Waals surface area contributed by atoms with Crippen molar-refractivity contribution in [2.24, 2.45) is 14.1 Å². The molecule has 0 aliphatic carbocycles. The molecule has 0 bridgehead atoms. The predicted octanol–water partition coefficient (Wildman–Crippen LogP) is 0.493. The summed E-state index contributed by atoms with van der Waals surface area (Å²) >= 11 is 0. The fraction of sp³-hybridized carbons (Fsp3) is 0.611. The van der Waals surface area contributed by atoms with Crippen LogP contribution in [0.25, 0.3) is 0 Å². The summed E-state index contributed by atoms with van der Waals surface area (Å²) in [5, 5.41) is 9.06. The van der Waals surface area contributed by atoms with Gasteiger partial charge in [0.05, 0.1) is 30.2 Å². The molecule has 8 heteroatoms. The number of carbonyl (C=O) groups excluding carboxylic acids is 1. The number of aromatic nitrogens is 4. The van der Waals surface area contributed by atoms with Gasteiger partial charge in [-0.15, -0.1) is 0 Å². The molecule has 0 unspecified atom stereocenters. The van der Waals surface area contributed by atoms with Crippen molar-refractivity contribution < 1.29 is 9.53 Å². The summed E-state index contributed by atoms with van der Waals surface area (Å²) in [6, 6.07) is 0. The third-order valence-corrected chi connectivity index (χ3v) is 5.33. The van der Waals surface area contributed by atoms with Crippen LogP contribution in [0.5, 0.6) is 0 Å². The van der Waals surface area contributed by atoms with Gasteiger partial charge in [0.15, 0.2) is 0 Å². The minimum Gasteiger partial charge on any atom is -0.379 e. The normalized spacial score (nSPS) is 18.2. The van der Waals surface area contributed by atoms with Gasteiger partial charge in [0, 0.05) is 70.7 Å². The zero-order valence-electron chi connectivity index (χ0n) is 15.7. The fourth-order valence-corrected chi connectivity index (χ4v) is 3.92. The molecular weight excluding hydrogens is 332 g/mol. The first-order valence-corrected chi connectivity index (χ1v) is 9.16. The van der Waals surface area contributed by atoms with Gasteiger partial charge >= 0.3 is 0 Å². The number of hydrogen-bond donors (Lipinski definition) is 0. The molecular formula is C18H26N6O2. The first-order chi connectivity index (χ1) is 12.5. The highest BCUT2D eigenvalue weighted by atomic mass is 16.5. The number of morpholine rings is 1. The Balaban J connectivity index is 1.55. The average molecular weight is 358 g/mol. The third kappa shape index (κ3) is 3.14. The second kappa shape index (κ2) is 6.85. The van der Waals surface area contributed by atoms with Crippen LogP contribution in [0.3, 0.4) is 0 Å². The van der Waals surface area contributed by atoms with E-state index in [2.05, 4.69) is 10.00 Å². The molecule has 4 rings (SSSR count). The van der Waals surface area contributed by atoms with E-state index in [1.54, 1.807) is 4.68 Å². The number of ether oxygens (including phenoxy) is 1. The second-order valence-electron chi connectivity index (χ2n) is 7.16. The molecule has 0 aromatic carbocycles. The standard InChI is InChI=1S/C18H26N6O2/c1-13-14(10-21(2)19-13)18(25)24-5-4-17-15(11-24)16(20-22(17)3)12-23-6-8-26-9-7-23/h10H,4-9,11-12H2,1-3H3. The number of nitrogens with zero attached hydrogens (tertiary/aromatic N) is 6. The van der Waals surface area contributed by atoms with Crippen LogP contribution in [0.2, 0.25) is 0 Å². The highest BCUT2D eigenvalue weighted by Crippen LogP contribution is 2.25. The molecule has 1 fully saturated rings. The van der Waals surface area contributed by atoms with Crippen molar-refractivity contribution in [3.8, 4) is 0 Å². The Morgan fingerprint density at radius 1 is 1.19 bits per heavy atom. The number of amides is 1. The Bertz CT molecular complexity index is 818. The van der Waals surface area contributed by atoms with E-state index in [1.165, 1.54) is 11.3 Å². The van der Waals surface area contributed by atoms with Crippen LogP contribution in [0.1, 0.15) is 33.0 Å². The smallest absolute Gasteiger partial charge is 0.257 e. The summed E-state index contributed by atoms with van der Waals surface area (Å²) in [7, 11) is 3.85. The molecule has 4 heterocycles. The highest BCUT2D eigenvalue weighted by molar-refractivity contribution is 5.95. The zero-order valence-corrected chi connectivity index (χ0v) is 15.7. The van der Waals surface area contributed by atoms with Crippen molar-refractivity contribution in [3.63, 3.8) is 0 Å². The van der Waals surface area contributed by atoms with E-state index in [9.17, 15) is 4.79 Å². The molecule has 1 saturated heterocycles. The maximum absolute atomic E-state index is 13.0. The number of hydrogen-bond acceptors (Lipinski definition) is 5. The van der Waals surface area contributed by atoms with E-state index in [0.29, 0.717) is 12.1 Å². The van der Waals surface area contributed by atoms with Crippen molar-refractivity contribution in [1.29, 1.82) is 0 Å². The van der Waals surface area contributed by atoms with Crippen LogP contribution in [0.15, 0.2) is 6.20 Å². The summed E-state index contributed by atoms with van der Waals surface area (Å²) in [5.74, 6) is 0.0578. The first kappa shape index (κ1) is 17.2. The maximum atomic E-state index is 13.0. The van der Waals surface area contributed by atoms with Gasteiger partial charge in [-0.05, 0) is 6.92 Å². The van der Waals surface area contributed by atoms with Gasteiger partial charge in [0.2, 0.25) is 0 Å². The van der Waals surface area contributed by atoms with E-state index < -0.39 is 0 Å². The summed E-state index contributed by atoms with van der Waals surface area (Å²) in [4.78, 5) is 17.3. The number of carbonyl (C=O) groups is 1. The van der Waals surface area contributed by atoms with E-state index >= 15 is 0 Å². The van der Waals surface area contributed by atoms with Crippen molar-refractivity contribution in [2.45, 2.75) is 26.4 Å². The van der Waals surface area contributed by atoms with Crippen molar-refractivity contribution in [1.82, 2.24) is 29.4 Å². The molecule has 2 aliphatic heterocycles. The third-order valence-electron chi connectivity index (χ3n) is 5.33. The maximum Gasteiger partial charge on any atom is 0.257 e. The van der Waals surface area contributed by atoms with Crippen molar-refractivity contribution in [3.05, 3.63) is 34.4 Å². The molecule has 26 heavy (non-hydrogen) atoms. The fourth-order valence-electron chi connectivity index (χ4n) is 3.92. The Morgan fingerprint density at radius 3 is 2.65 bits per heavy atom. The van der Waals surface area contributed by atoms with Gasteiger partial charge < -0.3 is 9.64 Å². The summed E-state index contributed by atoms with van der Waals surface area (Å²) in [6.07, 6.45) is 2.65. The molecule has 1 amide bonds. The van der Waals surface area contributed by atoms with Gasteiger partial charge in [0.1, 0.15) is 0 Å². The molecule has 0 saturated carbocycles. The van der Waals surface area contributed by atoms with Crippen LogP contribution in [-0.2, 0) is 38.3 Å². The Morgan fingerprint density at radius 2 is 1.96 bits per heavy atom. The van der Waals surface area contributed by atoms with Crippen LogP contribution < -0.4 is 0 Å². The molecule has 2 aromatic heterocycles. The lowest BCUT2D eigenvalue weighted by Gasteiger charge is -2.29. The Kier molecular flexibility index (Phi) is 4.54. The monoisotopic (exact) mass is 358 g/mol. The van der Waals surface area contributed by atoms with Crippen LogP contribution in [0.4, 0.5) is 0 Å². The van der Waals surface area contributed by atoms with E-state index in [0.717, 1.165) is 57.2 Å². The van der Waals surface area contributed by atoms with E-state index in [1.807, 2.05) is 36.8 Å². The SMILES string of the molecule is Cc1nn(C)cc1C(=O)N1CCc2c(c(CN3CCOCC3)nn2C)C1. The molecule has 0 radical (unpaired) electrons. The van der Waals surface area contributed by atoms with Gasteiger partial charge in [0.25, 0.3) is 5.91 Å². The van der Waals surface area contributed by atoms with E-state index in [4.69, 9.17) is 9.84 Å². The Labute approximate surface area is 153 Å². The summed E-state index contributed by atoms with van der Waals surface area (Å²) < 4.78 is 9.13. The van der Waals surface area contributed by atoms with Crippen LogP contribution in [0, 0.1) is 6.92 Å².